The van der Waals surface area contributed by atoms with E-state index in [1.807, 2.05) is 18.2 Å². The van der Waals surface area contributed by atoms with Crippen molar-refractivity contribution in [1.82, 2.24) is 4.98 Å². The van der Waals surface area contributed by atoms with E-state index in [1.165, 1.54) is 29.5 Å². The number of ketones is 2. The van der Waals surface area contributed by atoms with Gasteiger partial charge in [0.15, 0.2) is 16.7 Å². The Balaban J connectivity index is 1.55. The summed E-state index contributed by atoms with van der Waals surface area (Å²) in [4.78, 5) is 29.7. The highest BCUT2D eigenvalue weighted by atomic mass is 32.2. The average Bonchev–Trinajstić information content (AvgIpc) is 3.13. The number of aromatic nitrogens is 1. The summed E-state index contributed by atoms with van der Waals surface area (Å²) in [5, 5.41) is 0.233. The van der Waals surface area contributed by atoms with Gasteiger partial charge in [0.05, 0.1) is 15.1 Å². The first-order chi connectivity index (χ1) is 13.9. The second-order valence-electron chi connectivity index (χ2n) is 6.50. The van der Waals surface area contributed by atoms with Gasteiger partial charge in [-0.25, -0.2) is 13.4 Å². The lowest BCUT2D eigenvalue weighted by Crippen LogP contribution is -2.22. The Morgan fingerprint density at radius 1 is 0.759 bits per heavy atom. The summed E-state index contributed by atoms with van der Waals surface area (Å²) in [7, 11) is -3.98. The van der Waals surface area contributed by atoms with Crippen LogP contribution in [0.1, 0.15) is 31.8 Å². The number of para-hydroxylation sites is 1. The van der Waals surface area contributed by atoms with Crippen LogP contribution in [0, 0.1) is 0 Å². The number of rotatable bonds is 3. The number of sulfonamides is 1. The van der Waals surface area contributed by atoms with E-state index < -0.39 is 10.0 Å². The summed E-state index contributed by atoms with van der Waals surface area (Å²) in [5.74, 6) is -0.662. The fraction of sp³-hybridized carbons (Fsp3) is 0. The van der Waals surface area contributed by atoms with Gasteiger partial charge < -0.3 is 0 Å². The van der Waals surface area contributed by atoms with E-state index >= 15 is 0 Å². The lowest BCUT2D eigenvalue weighted by molar-refractivity contribution is 0.0979. The molecule has 1 heterocycles. The van der Waals surface area contributed by atoms with Gasteiger partial charge in [-0.15, -0.1) is 0 Å². The van der Waals surface area contributed by atoms with E-state index in [1.54, 1.807) is 30.3 Å². The minimum Gasteiger partial charge on any atom is -0.289 e. The van der Waals surface area contributed by atoms with Crippen molar-refractivity contribution in [3.63, 3.8) is 0 Å². The van der Waals surface area contributed by atoms with Crippen LogP contribution in [0.2, 0.25) is 0 Å². The molecule has 0 aliphatic heterocycles. The summed E-state index contributed by atoms with van der Waals surface area (Å²) in [6.45, 7) is 0. The normalized spacial score (nSPS) is 13.2. The molecule has 0 saturated heterocycles. The molecule has 6 nitrogen and oxygen atoms in total. The third-order valence-electron chi connectivity index (χ3n) is 4.72. The zero-order valence-electron chi connectivity index (χ0n) is 14.7. The maximum absolute atomic E-state index is 12.9. The molecule has 0 saturated carbocycles. The molecule has 0 radical (unpaired) electrons. The molecule has 4 aromatic rings. The summed E-state index contributed by atoms with van der Waals surface area (Å²) in [6, 6.07) is 17.8. The number of hydrogen-bond acceptors (Lipinski definition) is 6. The average molecular weight is 420 g/mol. The standard InChI is InChI=1S/C21H12N2O4S2/c24-19-13-5-1-2-6-14(13)20(25)16-11-12(9-10-15(16)19)29(26,27)23-21-22-17-7-3-4-8-18(17)28-21/h1-11H,(H,22,23). The first-order valence-electron chi connectivity index (χ1n) is 8.65. The molecule has 3 aromatic carbocycles. The first-order valence-corrected chi connectivity index (χ1v) is 10.9. The van der Waals surface area contributed by atoms with Crippen LogP contribution in [0.25, 0.3) is 10.2 Å². The van der Waals surface area contributed by atoms with Crippen LogP contribution in [0.4, 0.5) is 5.13 Å². The Kier molecular flexibility index (Phi) is 3.87. The number of carbonyl (C=O) groups excluding carboxylic acids is 2. The Morgan fingerprint density at radius 3 is 2.10 bits per heavy atom. The summed E-state index contributed by atoms with van der Waals surface area (Å²) in [6.07, 6.45) is 0. The van der Waals surface area contributed by atoms with Crippen molar-refractivity contribution in [2.75, 3.05) is 4.72 Å². The fourth-order valence-corrected chi connectivity index (χ4v) is 5.46. The van der Waals surface area contributed by atoms with Crippen molar-refractivity contribution in [3.05, 3.63) is 89.0 Å². The smallest absolute Gasteiger partial charge is 0.263 e. The van der Waals surface area contributed by atoms with Crippen molar-refractivity contribution < 1.29 is 18.0 Å². The quantitative estimate of drug-likeness (QED) is 0.478. The molecule has 0 fully saturated rings. The number of anilines is 1. The molecule has 142 valence electrons. The molecule has 1 N–H and O–H groups in total. The maximum atomic E-state index is 12.9. The second kappa shape index (κ2) is 6.33. The molecule has 5 rings (SSSR count). The maximum Gasteiger partial charge on any atom is 0.263 e. The molecule has 0 unspecified atom stereocenters. The number of carbonyl (C=O) groups is 2. The number of benzene rings is 3. The molecule has 29 heavy (non-hydrogen) atoms. The molecule has 1 aromatic heterocycles. The van der Waals surface area contributed by atoms with Gasteiger partial charge in [-0.1, -0.05) is 47.7 Å². The Morgan fingerprint density at radius 2 is 1.38 bits per heavy atom. The Labute approximate surface area is 169 Å². The van der Waals surface area contributed by atoms with Gasteiger partial charge in [0, 0.05) is 22.3 Å². The Hall–Kier alpha value is -3.36. The molecule has 1 aliphatic carbocycles. The van der Waals surface area contributed by atoms with Crippen LogP contribution in [-0.2, 0) is 10.0 Å². The predicted octanol–water partition coefficient (Wildman–Crippen LogP) is 3.87. The molecular formula is C21H12N2O4S2. The lowest BCUT2D eigenvalue weighted by atomic mass is 9.84. The van der Waals surface area contributed by atoms with Gasteiger partial charge in [0.25, 0.3) is 10.0 Å². The van der Waals surface area contributed by atoms with Gasteiger partial charge in [0.1, 0.15) is 0 Å². The first kappa shape index (κ1) is 17.7. The fourth-order valence-electron chi connectivity index (χ4n) is 3.34. The predicted molar refractivity (Wildman–Crippen MR) is 110 cm³/mol. The highest BCUT2D eigenvalue weighted by Crippen LogP contribution is 2.31. The lowest BCUT2D eigenvalue weighted by Gasteiger charge is -2.18. The van der Waals surface area contributed by atoms with Crippen molar-refractivity contribution in [2.45, 2.75) is 4.90 Å². The molecular weight excluding hydrogens is 408 g/mol. The molecule has 0 amide bonds. The van der Waals surface area contributed by atoms with Crippen molar-refractivity contribution >= 4 is 48.3 Å². The van der Waals surface area contributed by atoms with E-state index in [4.69, 9.17) is 0 Å². The number of thiazole rings is 1. The van der Waals surface area contributed by atoms with Crippen LogP contribution >= 0.6 is 11.3 Å². The number of fused-ring (bicyclic) bond motifs is 3. The monoisotopic (exact) mass is 420 g/mol. The number of nitrogens with zero attached hydrogens (tertiary/aromatic N) is 1. The van der Waals surface area contributed by atoms with Crippen molar-refractivity contribution in [1.29, 1.82) is 0 Å². The van der Waals surface area contributed by atoms with Gasteiger partial charge in [-0.2, -0.15) is 0 Å². The molecule has 0 spiro atoms. The van der Waals surface area contributed by atoms with Gasteiger partial charge in [-0.05, 0) is 30.3 Å². The third-order valence-corrected chi connectivity index (χ3v) is 7.14. The van der Waals surface area contributed by atoms with E-state index in [2.05, 4.69) is 9.71 Å². The molecule has 0 atom stereocenters. The number of nitrogens with one attached hydrogen (secondary N) is 1. The van der Waals surface area contributed by atoms with Crippen LogP contribution in [0.5, 0.6) is 0 Å². The largest absolute Gasteiger partial charge is 0.289 e. The highest BCUT2D eigenvalue weighted by Gasteiger charge is 2.31. The molecule has 1 aliphatic rings. The van der Waals surface area contributed by atoms with Gasteiger partial charge in [-0.3, -0.25) is 14.3 Å². The van der Waals surface area contributed by atoms with Crippen molar-refractivity contribution in [3.8, 4) is 0 Å². The van der Waals surface area contributed by atoms with Gasteiger partial charge >= 0.3 is 0 Å². The molecule has 0 bridgehead atoms. The minimum absolute atomic E-state index is 0.0841. The summed E-state index contributed by atoms with van der Waals surface area (Å²) >= 11 is 1.22. The highest BCUT2D eigenvalue weighted by molar-refractivity contribution is 7.93. The second-order valence-corrected chi connectivity index (χ2v) is 9.22. The zero-order chi connectivity index (χ0) is 20.2. The summed E-state index contributed by atoms with van der Waals surface area (Å²) in [5.41, 5.74) is 1.58. The minimum atomic E-state index is -3.98. The number of hydrogen-bond donors (Lipinski definition) is 1. The van der Waals surface area contributed by atoms with Crippen LogP contribution < -0.4 is 4.72 Å². The SMILES string of the molecule is O=C1c2ccccc2C(=O)c2cc(S(=O)(=O)Nc3nc4ccccc4s3)ccc21. The van der Waals surface area contributed by atoms with E-state index in [0.29, 0.717) is 11.1 Å². The van der Waals surface area contributed by atoms with Gasteiger partial charge in [0.2, 0.25) is 0 Å². The van der Waals surface area contributed by atoms with Crippen LogP contribution in [0.3, 0.4) is 0 Å². The zero-order valence-corrected chi connectivity index (χ0v) is 16.4. The van der Waals surface area contributed by atoms with E-state index in [-0.39, 0.29) is 38.3 Å². The van der Waals surface area contributed by atoms with E-state index in [9.17, 15) is 18.0 Å². The van der Waals surface area contributed by atoms with E-state index in [0.717, 1.165) is 4.70 Å². The molecule has 8 heteroatoms. The van der Waals surface area contributed by atoms with Crippen LogP contribution in [0.15, 0.2) is 71.6 Å². The summed E-state index contributed by atoms with van der Waals surface area (Å²) < 4.78 is 29.0. The topological polar surface area (TPSA) is 93.2 Å². The van der Waals surface area contributed by atoms with Crippen LogP contribution in [-0.4, -0.2) is 25.0 Å². The van der Waals surface area contributed by atoms with Crippen molar-refractivity contribution in [2.24, 2.45) is 0 Å². The Bertz CT molecular complexity index is 1410. The third kappa shape index (κ3) is 2.84.